The first-order valence-electron chi connectivity index (χ1n) is 6.27. The molecule has 0 aromatic carbocycles. The number of carbonyl (C=O) groups is 2. The smallest absolute Gasteiger partial charge is 0.321 e. The van der Waals surface area contributed by atoms with Crippen molar-refractivity contribution in [1.82, 2.24) is 15.5 Å². The number of amides is 3. The summed E-state index contributed by atoms with van der Waals surface area (Å²) >= 11 is 0. The number of aryl methyl sites for hydroxylation is 1. The summed E-state index contributed by atoms with van der Waals surface area (Å²) in [5.41, 5.74) is 1.03. The average molecular weight is 267 g/mol. The lowest BCUT2D eigenvalue weighted by atomic mass is 10.2. The van der Waals surface area contributed by atoms with Gasteiger partial charge in [0.05, 0.1) is 12.3 Å². The summed E-state index contributed by atoms with van der Waals surface area (Å²) in [4.78, 5) is 25.0. The zero-order valence-electron chi connectivity index (χ0n) is 11.8. The van der Waals surface area contributed by atoms with Crippen molar-refractivity contribution in [2.45, 2.75) is 33.4 Å². The molecule has 1 rings (SSSR count). The molecule has 0 spiro atoms. The zero-order chi connectivity index (χ0) is 14.4. The van der Waals surface area contributed by atoms with E-state index in [0.717, 1.165) is 11.3 Å². The van der Waals surface area contributed by atoms with Gasteiger partial charge in [0.1, 0.15) is 5.76 Å². The molecule has 0 aliphatic rings. The second kappa shape index (κ2) is 6.94. The van der Waals surface area contributed by atoms with E-state index in [1.165, 1.54) is 0 Å². The molecule has 0 aliphatic heterocycles. The Bertz CT molecular complexity index is 442. The summed E-state index contributed by atoms with van der Waals surface area (Å²) in [5.74, 6) is 0.512. The van der Waals surface area contributed by atoms with Crippen LogP contribution in [0.3, 0.4) is 0 Å². The molecule has 106 valence electrons. The Labute approximate surface area is 113 Å². The van der Waals surface area contributed by atoms with Crippen LogP contribution in [-0.2, 0) is 11.3 Å². The number of furan rings is 1. The Hall–Kier alpha value is -1.82. The van der Waals surface area contributed by atoms with Gasteiger partial charge >= 0.3 is 6.03 Å². The lowest BCUT2D eigenvalue weighted by Gasteiger charge is -2.23. The summed E-state index contributed by atoms with van der Waals surface area (Å²) < 4.78 is 5.21. The molecule has 3 amide bonds. The van der Waals surface area contributed by atoms with E-state index in [4.69, 9.17) is 4.42 Å². The molecule has 1 aromatic rings. The van der Waals surface area contributed by atoms with Crippen molar-refractivity contribution in [3.05, 3.63) is 23.7 Å². The quantitative estimate of drug-likeness (QED) is 0.842. The zero-order valence-corrected chi connectivity index (χ0v) is 11.8. The van der Waals surface area contributed by atoms with Crippen molar-refractivity contribution in [3.63, 3.8) is 0 Å². The maximum absolute atomic E-state index is 11.8. The summed E-state index contributed by atoms with van der Waals surface area (Å²) in [5, 5.41) is 4.82. The predicted octanol–water partition coefficient (Wildman–Crippen LogP) is 1.25. The Kier molecular flexibility index (Phi) is 5.57. The first kappa shape index (κ1) is 15.2. The maximum atomic E-state index is 11.8. The van der Waals surface area contributed by atoms with Crippen LogP contribution in [0.15, 0.2) is 16.7 Å². The third-order valence-corrected chi connectivity index (χ3v) is 3.00. The topological polar surface area (TPSA) is 74.6 Å². The number of urea groups is 1. The van der Waals surface area contributed by atoms with Gasteiger partial charge in [-0.15, -0.1) is 0 Å². The van der Waals surface area contributed by atoms with E-state index in [-0.39, 0.29) is 5.91 Å². The number of carbonyl (C=O) groups excluding carboxylic acids is 2. The van der Waals surface area contributed by atoms with Gasteiger partial charge in [-0.1, -0.05) is 0 Å². The van der Waals surface area contributed by atoms with Crippen molar-refractivity contribution in [3.8, 4) is 0 Å². The Morgan fingerprint density at radius 1 is 1.47 bits per heavy atom. The molecule has 0 saturated carbocycles. The molecule has 1 aromatic heterocycles. The first-order chi connectivity index (χ1) is 8.95. The molecule has 19 heavy (non-hydrogen) atoms. The number of likely N-dealkylation sites (N-methyl/N-ethyl adjacent to an activating group) is 1. The van der Waals surface area contributed by atoms with Gasteiger partial charge in [-0.2, -0.15) is 0 Å². The Morgan fingerprint density at radius 2 is 2.16 bits per heavy atom. The third kappa shape index (κ3) is 4.40. The molecule has 0 radical (unpaired) electrons. The van der Waals surface area contributed by atoms with E-state index in [9.17, 15) is 9.59 Å². The molecule has 6 heteroatoms. The number of imide groups is 1. The summed E-state index contributed by atoms with van der Waals surface area (Å²) in [6.45, 7) is 6.50. The van der Waals surface area contributed by atoms with Gasteiger partial charge in [-0.25, -0.2) is 4.79 Å². The van der Waals surface area contributed by atoms with Crippen LogP contribution in [-0.4, -0.2) is 36.5 Å². The minimum Gasteiger partial charge on any atom is -0.469 e. The molecular weight excluding hydrogens is 246 g/mol. The van der Waals surface area contributed by atoms with E-state index in [2.05, 4.69) is 10.6 Å². The number of nitrogens with one attached hydrogen (secondary N) is 2. The SMILES string of the molecule is CCNC(=O)NC(=O)C(C)N(C)Cc1ccoc1C. The van der Waals surface area contributed by atoms with Crippen LogP contribution in [0, 0.1) is 6.92 Å². The van der Waals surface area contributed by atoms with E-state index in [1.54, 1.807) is 20.1 Å². The van der Waals surface area contributed by atoms with Crippen molar-refractivity contribution >= 4 is 11.9 Å². The number of rotatable bonds is 5. The van der Waals surface area contributed by atoms with Crippen molar-refractivity contribution in [2.24, 2.45) is 0 Å². The fourth-order valence-corrected chi connectivity index (χ4v) is 1.60. The van der Waals surface area contributed by atoms with Crippen LogP contribution >= 0.6 is 0 Å². The van der Waals surface area contributed by atoms with Gasteiger partial charge in [0, 0.05) is 18.7 Å². The lowest BCUT2D eigenvalue weighted by Crippen LogP contribution is -2.48. The van der Waals surface area contributed by atoms with Crippen LogP contribution in [0.1, 0.15) is 25.2 Å². The highest BCUT2D eigenvalue weighted by Gasteiger charge is 2.20. The van der Waals surface area contributed by atoms with Gasteiger partial charge in [0.2, 0.25) is 5.91 Å². The van der Waals surface area contributed by atoms with Crippen molar-refractivity contribution in [1.29, 1.82) is 0 Å². The molecule has 0 bridgehead atoms. The van der Waals surface area contributed by atoms with Crippen LogP contribution in [0.5, 0.6) is 0 Å². The lowest BCUT2D eigenvalue weighted by molar-refractivity contribution is -0.124. The Balaban J connectivity index is 2.52. The molecule has 2 N–H and O–H groups in total. The standard InChI is InChI=1S/C13H21N3O3/c1-5-14-13(18)15-12(17)9(2)16(4)8-11-6-7-19-10(11)3/h6-7,9H,5,8H2,1-4H3,(H2,14,15,17,18). The van der Waals surface area contributed by atoms with Crippen LogP contribution < -0.4 is 10.6 Å². The fourth-order valence-electron chi connectivity index (χ4n) is 1.60. The normalized spacial score (nSPS) is 12.3. The maximum Gasteiger partial charge on any atom is 0.321 e. The third-order valence-electron chi connectivity index (χ3n) is 3.00. The highest BCUT2D eigenvalue weighted by atomic mass is 16.3. The van der Waals surface area contributed by atoms with Crippen LogP contribution in [0.4, 0.5) is 4.79 Å². The summed E-state index contributed by atoms with van der Waals surface area (Å²) in [6, 6.07) is 1.00. The van der Waals surface area contributed by atoms with Crippen molar-refractivity contribution in [2.75, 3.05) is 13.6 Å². The number of hydrogen-bond donors (Lipinski definition) is 2. The second-order valence-corrected chi connectivity index (χ2v) is 4.44. The van der Waals surface area contributed by atoms with Gasteiger partial charge in [0.25, 0.3) is 0 Å². The summed E-state index contributed by atoms with van der Waals surface area (Å²) in [6.07, 6.45) is 1.62. The largest absolute Gasteiger partial charge is 0.469 e. The van der Waals surface area contributed by atoms with Gasteiger partial charge in [-0.05, 0) is 33.9 Å². The van der Waals surface area contributed by atoms with Gasteiger partial charge in [-0.3, -0.25) is 15.0 Å². The molecular formula is C13H21N3O3. The molecule has 6 nitrogen and oxygen atoms in total. The molecule has 0 fully saturated rings. The minimum atomic E-state index is -0.466. The average Bonchev–Trinajstić information content (AvgIpc) is 2.74. The fraction of sp³-hybridized carbons (Fsp3) is 0.538. The number of hydrogen-bond acceptors (Lipinski definition) is 4. The van der Waals surface area contributed by atoms with Crippen LogP contribution in [0.25, 0.3) is 0 Å². The second-order valence-electron chi connectivity index (χ2n) is 4.44. The summed E-state index contributed by atoms with van der Waals surface area (Å²) in [7, 11) is 1.83. The first-order valence-corrected chi connectivity index (χ1v) is 6.27. The minimum absolute atomic E-state index is 0.324. The number of nitrogens with zero attached hydrogens (tertiary/aromatic N) is 1. The predicted molar refractivity (Wildman–Crippen MR) is 71.6 cm³/mol. The van der Waals surface area contributed by atoms with Gasteiger partial charge < -0.3 is 9.73 Å². The van der Waals surface area contributed by atoms with E-state index >= 15 is 0 Å². The van der Waals surface area contributed by atoms with Gasteiger partial charge in [0.15, 0.2) is 0 Å². The molecule has 0 aliphatic carbocycles. The monoisotopic (exact) mass is 267 g/mol. The molecule has 1 unspecified atom stereocenters. The molecule has 1 atom stereocenters. The van der Waals surface area contributed by atoms with E-state index in [0.29, 0.717) is 13.1 Å². The van der Waals surface area contributed by atoms with Crippen molar-refractivity contribution < 1.29 is 14.0 Å². The highest BCUT2D eigenvalue weighted by molar-refractivity contribution is 5.96. The Morgan fingerprint density at radius 3 is 2.68 bits per heavy atom. The molecule has 1 heterocycles. The van der Waals surface area contributed by atoms with Crippen LogP contribution in [0.2, 0.25) is 0 Å². The van der Waals surface area contributed by atoms with E-state index in [1.807, 2.05) is 24.9 Å². The highest BCUT2D eigenvalue weighted by Crippen LogP contribution is 2.12. The molecule has 0 saturated heterocycles. The van der Waals surface area contributed by atoms with E-state index < -0.39 is 12.1 Å².